The monoisotopic (exact) mass is 328 g/mol. The number of hydrogen-bond donors (Lipinski definition) is 2. The first-order valence-corrected chi connectivity index (χ1v) is 8.71. The van der Waals surface area contributed by atoms with E-state index in [-0.39, 0.29) is 11.4 Å². The zero-order chi connectivity index (χ0) is 15.5. The van der Waals surface area contributed by atoms with Gasteiger partial charge in [-0.2, -0.15) is 0 Å². The molecule has 2 rings (SSSR count). The summed E-state index contributed by atoms with van der Waals surface area (Å²) in [5.41, 5.74) is 0.324. The van der Waals surface area contributed by atoms with Gasteiger partial charge in [0.1, 0.15) is 5.82 Å². The van der Waals surface area contributed by atoms with Gasteiger partial charge in [0.15, 0.2) is 0 Å². The first kappa shape index (κ1) is 16.1. The van der Waals surface area contributed by atoms with E-state index in [0.29, 0.717) is 12.1 Å². The Kier molecular flexibility index (Phi) is 5.10. The Bertz CT molecular complexity index is 726. The van der Waals surface area contributed by atoms with E-state index in [2.05, 4.69) is 10.0 Å². The molecular formula is C14H17FN2O2S2. The van der Waals surface area contributed by atoms with E-state index in [0.717, 1.165) is 9.75 Å². The zero-order valence-electron chi connectivity index (χ0n) is 11.8. The molecule has 0 radical (unpaired) electrons. The molecule has 0 aliphatic heterocycles. The van der Waals surface area contributed by atoms with E-state index in [1.165, 1.54) is 17.4 Å². The average molecular weight is 328 g/mol. The minimum atomic E-state index is -3.64. The van der Waals surface area contributed by atoms with Crippen LogP contribution in [0.1, 0.15) is 15.3 Å². The molecule has 0 aliphatic carbocycles. The molecule has 1 aromatic heterocycles. The second-order valence-electron chi connectivity index (χ2n) is 4.58. The van der Waals surface area contributed by atoms with Crippen LogP contribution in [0, 0.1) is 12.7 Å². The molecule has 2 aromatic rings. The lowest BCUT2D eigenvalue weighted by molar-refractivity contribution is 0.574. The maximum atomic E-state index is 13.5. The standard InChI is InChI=1S/C14H17FN2O2S2/c1-10-14(7-12(20-10)9-16-2)21(18,19)17-8-11-5-3-4-6-13(11)15/h3-7,16-17H,8-9H2,1-2H3. The lowest BCUT2D eigenvalue weighted by Gasteiger charge is -2.07. The fourth-order valence-electron chi connectivity index (χ4n) is 1.94. The molecule has 1 aromatic carbocycles. The van der Waals surface area contributed by atoms with E-state index in [4.69, 9.17) is 0 Å². The summed E-state index contributed by atoms with van der Waals surface area (Å²) in [6.07, 6.45) is 0. The lowest BCUT2D eigenvalue weighted by Crippen LogP contribution is -2.23. The van der Waals surface area contributed by atoms with Crippen LogP contribution >= 0.6 is 11.3 Å². The third-order valence-corrected chi connectivity index (χ3v) is 5.68. The van der Waals surface area contributed by atoms with Crippen LogP contribution < -0.4 is 10.0 Å². The van der Waals surface area contributed by atoms with Gasteiger partial charge in [-0.3, -0.25) is 0 Å². The Labute approximate surface area is 128 Å². The highest BCUT2D eigenvalue weighted by Crippen LogP contribution is 2.25. The Hall–Kier alpha value is -1.28. The zero-order valence-corrected chi connectivity index (χ0v) is 13.4. The van der Waals surface area contributed by atoms with Crippen molar-refractivity contribution < 1.29 is 12.8 Å². The molecule has 0 atom stereocenters. The van der Waals surface area contributed by atoms with Gasteiger partial charge in [-0.15, -0.1) is 11.3 Å². The molecule has 0 aliphatic rings. The largest absolute Gasteiger partial charge is 0.315 e. The summed E-state index contributed by atoms with van der Waals surface area (Å²) in [5.74, 6) is -0.418. The fourth-order valence-corrected chi connectivity index (χ4v) is 4.60. The van der Waals surface area contributed by atoms with Crippen LogP contribution in [-0.4, -0.2) is 15.5 Å². The first-order valence-electron chi connectivity index (χ1n) is 6.41. The Balaban J connectivity index is 2.17. The highest BCUT2D eigenvalue weighted by molar-refractivity contribution is 7.89. The van der Waals surface area contributed by atoms with Crippen LogP contribution in [0.5, 0.6) is 0 Å². The second-order valence-corrected chi connectivity index (χ2v) is 7.66. The van der Waals surface area contributed by atoms with E-state index >= 15 is 0 Å². The number of rotatable bonds is 6. The SMILES string of the molecule is CNCc1cc(S(=O)(=O)NCc2ccccc2F)c(C)s1. The van der Waals surface area contributed by atoms with Crippen LogP contribution in [0.25, 0.3) is 0 Å². The van der Waals surface area contributed by atoms with Gasteiger partial charge in [0.25, 0.3) is 0 Å². The Morgan fingerprint density at radius 3 is 2.62 bits per heavy atom. The Morgan fingerprint density at radius 1 is 1.24 bits per heavy atom. The van der Waals surface area contributed by atoms with Gasteiger partial charge in [0.2, 0.25) is 10.0 Å². The molecule has 21 heavy (non-hydrogen) atoms. The summed E-state index contributed by atoms with van der Waals surface area (Å²) >= 11 is 1.43. The van der Waals surface area contributed by atoms with Crippen molar-refractivity contribution in [2.45, 2.75) is 24.9 Å². The van der Waals surface area contributed by atoms with E-state index in [1.54, 1.807) is 38.2 Å². The predicted molar refractivity (Wildman–Crippen MR) is 82.2 cm³/mol. The van der Waals surface area contributed by atoms with Crippen molar-refractivity contribution in [3.63, 3.8) is 0 Å². The van der Waals surface area contributed by atoms with Crippen LogP contribution in [0.3, 0.4) is 0 Å². The number of halogens is 1. The highest BCUT2D eigenvalue weighted by Gasteiger charge is 2.20. The van der Waals surface area contributed by atoms with Crippen LogP contribution in [0.15, 0.2) is 35.2 Å². The summed E-state index contributed by atoms with van der Waals surface area (Å²) in [4.78, 5) is 1.93. The van der Waals surface area contributed by atoms with Crippen molar-refractivity contribution in [2.75, 3.05) is 7.05 Å². The number of benzene rings is 1. The van der Waals surface area contributed by atoms with E-state index in [1.807, 2.05) is 0 Å². The molecule has 7 heteroatoms. The van der Waals surface area contributed by atoms with Gasteiger partial charge in [0.05, 0.1) is 4.90 Å². The highest BCUT2D eigenvalue weighted by atomic mass is 32.2. The van der Waals surface area contributed by atoms with Gasteiger partial charge in [-0.25, -0.2) is 17.5 Å². The van der Waals surface area contributed by atoms with Crippen molar-refractivity contribution in [1.82, 2.24) is 10.0 Å². The van der Waals surface area contributed by atoms with Gasteiger partial charge in [-0.1, -0.05) is 18.2 Å². The van der Waals surface area contributed by atoms with Crippen molar-refractivity contribution in [2.24, 2.45) is 0 Å². The smallest absolute Gasteiger partial charge is 0.241 e. The van der Waals surface area contributed by atoms with Crippen molar-refractivity contribution in [3.05, 3.63) is 51.5 Å². The third kappa shape index (κ3) is 3.88. The van der Waals surface area contributed by atoms with E-state index in [9.17, 15) is 12.8 Å². The van der Waals surface area contributed by atoms with Crippen LogP contribution in [-0.2, 0) is 23.1 Å². The normalized spacial score (nSPS) is 11.8. The molecule has 0 unspecified atom stereocenters. The third-order valence-electron chi connectivity index (χ3n) is 2.97. The molecule has 0 bridgehead atoms. The average Bonchev–Trinajstić information content (AvgIpc) is 2.80. The molecular weight excluding hydrogens is 311 g/mol. The van der Waals surface area contributed by atoms with Crippen molar-refractivity contribution in [3.8, 4) is 0 Å². The van der Waals surface area contributed by atoms with E-state index < -0.39 is 15.8 Å². The molecule has 4 nitrogen and oxygen atoms in total. The van der Waals surface area contributed by atoms with Gasteiger partial charge in [0, 0.05) is 28.4 Å². The summed E-state index contributed by atoms with van der Waals surface area (Å²) < 4.78 is 40.6. The summed E-state index contributed by atoms with van der Waals surface area (Å²) in [5, 5.41) is 2.99. The Morgan fingerprint density at radius 2 is 1.95 bits per heavy atom. The molecule has 0 saturated heterocycles. The molecule has 0 saturated carbocycles. The minimum absolute atomic E-state index is 0.0638. The van der Waals surface area contributed by atoms with Gasteiger partial charge < -0.3 is 5.32 Å². The number of thiophene rings is 1. The first-order chi connectivity index (χ1) is 9.94. The lowest BCUT2D eigenvalue weighted by atomic mass is 10.2. The predicted octanol–water partition coefficient (Wildman–Crippen LogP) is 2.39. The molecule has 114 valence electrons. The second kappa shape index (κ2) is 6.65. The minimum Gasteiger partial charge on any atom is -0.315 e. The number of aryl methyl sites for hydroxylation is 1. The number of sulfonamides is 1. The topological polar surface area (TPSA) is 58.2 Å². The molecule has 0 amide bonds. The summed E-state index contributed by atoms with van der Waals surface area (Å²) in [7, 11) is -1.83. The van der Waals surface area contributed by atoms with Gasteiger partial charge in [-0.05, 0) is 26.1 Å². The fraction of sp³-hybridized carbons (Fsp3) is 0.286. The van der Waals surface area contributed by atoms with Crippen molar-refractivity contribution >= 4 is 21.4 Å². The maximum Gasteiger partial charge on any atom is 0.241 e. The van der Waals surface area contributed by atoms with Crippen LogP contribution in [0.2, 0.25) is 0 Å². The number of nitrogens with one attached hydrogen (secondary N) is 2. The molecule has 0 fully saturated rings. The molecule has 1 heterocycles. The summed E-state index contributed by atoms with van der Waals surface area (Å²) in [6.45, 7) is 2.32. The van der Waals surface area contributed by atoms with Gasteiger partial charge >= 0.3 is 0 Å². The summed E-state index contributed by atoms with van der Waals surface area (Å²) in [6, 6.07) is 7.77. The van der Waals surface area contributed by atoms with Crippen molar-refractivity contribution in [1.29, 1.82) is 0 Å². The molecule has 0 spiro atoms. The van der Waals surface area contributed by atoms with Crippen LogP contribution in [0.4, 0.5) is 4.39 Å². The quantitative estimate of drug-likeness (QED) is 0.856. The number of hydrogen-bond acceptors (Lipinski definition) is 4. The maximum absolute atomic E-state index is 13.5. The molecule has 2 N–H and O–H groups in total.